The normalized spacial score (nSPS) is 10.1. The number of halogens is 1. The molecule has 0 aliphatic heterocycles. The van der Waals surface area contributed by atoms with Crippen LogP contribution in [0.2, 0.25) is 0 Å². The summed E-state index contributed by atoms with van der Waals surface area (Å²) >= 11 is 3.29. The zero-order valence-corrected chi connectivity index (χ0v) is 10.8. The van der Waals surface area contributed by atoms with Crippen molar-refractivity contribution in [3.05, 3.63) is 28.5 Å². The second-order valence-electron chi connectivity index (χ2n) is 3.29. The maximum absolute atomic E-state index is 11.7. The molecule has 1 N–H and O–H groups in total. The van der Waals surface area contributed by atoms with E-state index < -0.39 is 0 Å². The largest absolute Gasteiger partial charge is 0.385 e. The second kappa shape index (κ2) is 7.35. The van der Waals surface area contributed by atoms with Crippen LogP contribution in [-0.2, 0) is 4.74 Å². The Balaban J connectivity index is 2.33. The summed E-state index contributed by atoms with van der Waals surface area (Å²) in [5.74, 6) is -0.148. The standard InChI is InChI=1S/C11H15BrN2O2/c1-16-8-3-2-6-14-11(15)10-9(12)5-4-7-13-10/h4-5,7H,2-3,6,8H2,1H3,(H,14,15). The molecule has 1 rings (SSSR count). The van der Waals surface area contributed by atoms with Crippen molar-refractivity contribution >= 4 is 21.8 Å². The molecular weight excluding hydrogens is 272 g/mol. The van der Waals surface area contributed by atoms with Crippen LogP contribution in [-0.4, -0.2) is 31.2 Å². The van der Waals surface area contributed by atoms with E-state index >= 15 is 0 Å². The molecule has 0 spiro atoms. The Morgan fingerprint density at radius 3 is 3.06 bits per heavy atom. The van der Waals surface area contributed by atoms with Gasteiger partial charge in [-0.25, -0.2) is 4.98 Å². The minimum absolute atomic E-state index is 0.148. The first kappa shape index (κ1) is 13.1. The van der Waals surface area contributed by atoms with Gasteiger partial charge in [0.15, 0.2) is 0 Å². The van der Waals surface area contributed by atoms with Crippen molar-refractivity contribution in [1.29, 1.82) is 0 Å². The van der Waals surface area contributed by atoms with Gasteiger partial charge in [0.05, 0.1) is 0 Å². The number of aromatic nitrogens is 1. The van der Waals surface area contributed by atoms with E-state index in [1.165, 1.54) is 0 Å². The first-order valence-electron chi connectivity index (χ1n) is 5.13. The van der Waals surface area contributed by atoms with Gasteiger partial charge in [-0.1, -0.05) is 0 Å². The fourth-order valence-electron chi connectivity index (χ4n) is 1.21. The number of hydrogen-bond acceptors (Lipinski definition) is 3. The Hall–Kier alpha value is -0.940. The highest BCUT2D eigenvalue weighted by atomic mass is 79.9. The van der Waals surface area contributed by atoms with Gasteiger partial charge < -0.3 is 10.1 Å². The maximum atomic E-state index is 11.7. The minimum atomic E-state index is -0.148. The van der Waals surface area contributed by atoms with Gasteiger partial charge in [0.25, 0.3) is 5.91 Å². The van der Waals surface area contributed by atoms with E-state index in [-0.39, 0.29) is 5.91 Å². The molecule has 1 aromatic heterocycles. The van der Waals surface area contributed by atoms with E-state index in [0.717, 1.165) is 19.4 Å². The van der Waals surface area contributed by atoms with Gasteiger partial charge in [-0.3, -0.25) is 4.79 Å². The average Bonchev–Trinajstić information content (AvgIpc) is 2.29. The van der Waals surface area contributed by atoms with Crippen molar-refractivity contribution in [3.63, 3.8) is 0 Å². The van der Waals surface area contributed by atoms with Crippen molar-refractivity contribution in [3.8, 4) is 0 Å². The number of unbranched alkanes of at least 4 members (excludes halogenated alkanes) is 1. The molecule has 0 radical (unpaired) electrons. The third-order valence-corrected chi connectivity index (χ3v) is 2.67. The Morgan fingerprint density at radius 1 is 1.56 bits per heavy atom. The highest BCUT2D eigenvalue weighted by Crippen LogP contribution is 2.12. The van der Waals surface area contributed by atoms with Crippen LogP contribution in [0.4, 0.5) is 0 Å². The van der Waals surface area contributed by atoms with Gasteiger partial charge in [0, 0.05) is 30.9 Å². The number of carbonyl (C=O) groups is 1. The highest BCUT2D eigenvalue weighted by Gasteiger charge is 2.09. The molecule has 0 fully saturated rings. The maximum Gasteiger partial charge on any atom is 0.271 e. The lowest BCUT2D eigenvalue weighted by Crippen LogP contribution is -2.25. The van der Waals surface area contributed by atoms with Crippen molar-refractivity contribution in [1.82, 2.24) is 10.3 Å². The molecule has 4 nitrogen and oxygen atoms in total. The number of carbonyl (C=O) groups excluding carboxylic acids is 1. The summed E-state index contributed by atoms with van der Waals surface area (Å²) in [6.45, 7) is 1.37. The Morgan fingerprint density at radius 2 is 2.38 bits per heavy atom. The van der Waals surface area contributed by atoms with E-state index in [1.54, 1.807) is 25.4 Å². The summed E-state index contributed by atoms with van der Waals surface area (Å²) in [7, 11) is 1.67. The van der Waals surface area contributed by atoms with Gasteiger partial charge in [0.1, 0.15) is 5.69 Å². The van der Waals surface area contributed by atoms with Gasteiger partial charge >= 0.3 is 0 Å². The molecule has 0 aliphatic carbocycles. The fourth-order valence-corrected chi connectivity index (χ4v) is 1.64. The molecule has 0 saturated heterocycles. The SMILES string of the molecule is COCCCCNC(=O)c1ncccc1Br. The van der Waals surface area contributed by atoms with Crippen LogP contribution in [0.3, 0.4) is 0 Å². The van der Waals surface area contributed by atoms with Crippen LogP contribution >= 0.6 is 15.9 Å². The molecule has 5 heteroatoms. The number of hydrogen-bond donors (Lipinski definition) is 1. The Bertz CT molecular complexity index is 345. The monoisotopic (exact) mass is 286 g/mol. The first-order chi connectivity index (χ1) is 7.75. The Kier molecular flexibility index (Phi) is 6.03. The fraction of sp³-hybridized carbons (Fsp3) is 0.455. The van der Waals surface area contributed by atoms with E-state index in [4.69, 9.17) is 4.74 Å². The molecule has 0 aliphatic rings. The second-order valence-corrected chi connectivity index (χ2v) is 4.14. The number of pyridine rings is 1. The molecule has 16 heavy (non-hydrogen) atoms. The van der Waals surface area contributed by atoms with Crippen LogP contribution in [0.15, 0.2) is 22.8 Å². The lowest BCUT2D eigenvalue weighted by atomic mass is 10.3. The topological polar surface area (TPSA) is 51.2 Å². The van der Waals surface area contributed by atoms with Gasteiger partial charge in [-0.05, 0) is 40.9 Å². The minimum Gasteiger partial charge on any atom is -0.385 e. The van der Waals surface area contributed by atoms with Gasteiger partial charge in [0.2, 0.25) is 0 Å². The van der Waals surface area contributed by atoms with Crippen LogP contribution < -0.4 is 5.32 Å². The number of ether oxygens (including phenoxy) is 1. The summed E-state index contributed by atoms with van der Waals surface area (Å²) in [5.41, 5.74) is 0.425. The number of rotatable bonds is 6. The number of methoxy groups -OCH3 is 1. The molecule has 1 heterocycles. The molecule has 88 valence electrons. The van der Waals surface area contributed by atoms with Crippen LogP contribution in [0.5, 0.6) is 0 Å². The van der Waals surface area contributed by atoms with E-state index in [0.29, 0.717) is 16.7 Å². The third-order valence-electron chi connectivity index (χ3n) is 2.03. The summed E-state index contributed by atoms with van der Waals surface area (Å²) in [4.78, 5) is 15.7. The molecular formula is C11H15BrN2O2. The molecule has 0 unspecified atom stereocenters. The molecule has 0 bridgehead atoms. The predicted octanol–water partition coefficient (Wildman–Crippen LogP) is 2.00. The van der Waals surface area contributed by atoms with Crippen molar-refractivity contribution in [2.24, 2.45) is 0 Å². The molecule has 1 amide bonds. The predicted molar refractivity (Wildman–Crippen MR) is 65.4 cm³/mol. The zero-order chi connectivity index (χ0) is 11.8. The van der Waals surface area contributed by atoms with E-state index in [2.05, 4.69) is 26.2 Å². The van der Waals surface area contributed by atoms with Gasteiger partial charge in [-0.2, -0.15) is 0 Å². The summed E-state index contributed by atoms with van der Waals surface area (Å²) in [6.07, 6.45) is 3.45. The highest BCUT2D eigenvalue weighted by molar-refractivity contribution is 9.10. The van der Waals surface area contributed by atoms with E-state index in [1.807, 2.05) is 0 Å². The van der Waals surface area contributed by atoms with Gasteiger partial charge in [-0.15, -0.1) is 0 Å². The average molecular weight is 287 g/mol. The quantitative estimate of drug-likeness (QED) is 0.814. The van der Waals surface area contributed by atoms with Crippen molar-refractivity contribution < 1.29 is 9.53 Å². The summed E-state index contributed by atoms with van der Waals surface area (Å²) in [6, 6.07) is 3.58. The van der Waals surface area contributed by atoms with Crippen molar-refractivity contribution in [2.45, 2.75) is 12.8 Å². The number of amides is 1. The van der Waals surface area contributed by atoms with Crippen LogP contribution in [0.25, 0.3) is 0 Å². The molecule has 0 atom stereocenters. The Labute approximate surface area is 104 Å². The summed E-state index contributed by atoms with van der Waals surface area (Å²) < 4.78 is 5.63. The van der Waals surface area contributed by atoms with Crippen LogP contribution in [0.1, 0.15) is 23.3 Å². The smallest absolute Gasteiger partial charge is 0.271 e. The molecule has 0 aromatic carbocycles. The lowest BCUT2D eigenvalue weighted by Gasteiger charge is -2.05. The number of nitrogens with zero attached hydrogens (tertiary/aromatic N) is 1. The number of nitrogens with one attached hydrogen (secondary N) is 1. The third kappa shape index (κ3) is 4.28. The molecule has 1 aromatic rings. The molecule has 0 saturated carbocycles. The first-order valence-corrected chi connectivity index (χ1v) is 5.92. The van der Waals surface area contributed by atoms with Crippen molar-refractivity contribution in [2.75, 3.05) is 20.3 Å². The lowest BCUT2D eigenvalue weighted by molar-refractivity contribution is 0.0945. The van der Waals surface area contributed by atoms with Crippen LogP contribution in [0, 0.1) is 0 Å². The summed E-state index contributed by atoms with van der Waals surface area (Å²) in [5, 5.41) is 2.81. The van der Waals surface area contributed by atoms with E-state index in [9.17, 15) is 4.79 Å². The zero-order valence-electron chi connectivity index (χ0n) is 9.20.